The van der Waals surface area contributed by atoms with Gasteiger partial charge in [0.25, 0.3) is 0 Å². The number of anilines is 3. The van der Waals surface area contributed by atoms with Crippen molar-refractivity contribution in [2.24, 2.45) is 0 Å². The largest absolute Gasteiger partial charge is 0.294 e. The van der Waals surface area contributed by atoms with Crippen molar-refractivity contribution in [2.45, 2.75) is 0 Å². The van der Waals surface area contributed by atoms with Crippen LogP contribution in [0.1, 0.15) is 0 Å². The van der Waals surface area contributed by atoms with Crippen LogP contribution in [0.5, 0.6) is 0 Å². The molecule has 1 aliphatic heterocycles. The number of fused-ring (bicyclic) bond motifs is 2. The fourth-order valence-corrected chi connectivity index (χ4v) is 6.54. The number of aromatic nitrogens is 4. The van der Waals surface area contributed by atoms with E-state index < -0.39 is 0 Å². The molecule has 47 heavy (non-hydrogen) atoms. The summed E-state index contributed by atoms with van der Waals surface area (Å²) in [5.41, 5.74) is 11.3. The smallest absolute Gasteiger partial charge is 0.160 e. The maximum absolute atomic E-state index is 5.09. The molecule has 0 fully saturated rings. The lowest BCUT2D eigenvalue weighted by molar-refractivity contribution is 1.11. The van der Waals surface area contributed by atoms with Gasteiger partial charge in [0.15, 0.2) is 5.82 Å². The van der Waals surface area contributed by atoms with Crippen LogP contribution >= 0.6 is 0 Å². The normalized spacial score (nSPS) is 11.8. The zero-order valence-electron chi connectivity index (χ0n) is 25.3. The van der Waals surface area contributed by atoms with E-state index in [9.17, 15) is 0 Å². The molecule has 5 heteroatoms. The molecule has 0 bridgehead atoms. The fourth-order valence-electron chi connectivity index (χ4n) is 6.54. The maximum atomic E-state index is 5.09. The summed E-state index contributed by atoms with van der Waals surface area (Å²) in [4.78, 5) is 21.7. The van der Waals surface area contributed by atoms with Gasteiger partial charge in [0.1, 0.15) is 12.1 Å². The molecule has 0 saturated heterocycles. The van der Waals surface area contributed by atoms with Crippen LogP contribution in [0.15, 0.2) is 164 Å². The van der Waals surface area contributed by atoms with E-state index in [4.69, 9.17) is 15.0 Å². The Morgan fingerprint density at radius 2 is 1.13 bits per heavy atom. The van der Waals surface area contributed by atoms with Crippen molar-refractivity contribution in [2.75, 3.05) is 4.90 Å². The molecule has 0 radical (unpaired) electrons. The third-order valence-electron chi connectivity index (χ3n) is 8.72. The molecule has 3 heterocycles. The van der Waals surface area contributed by atoms with E-state index in [0.29, 0.717) is 5.82 Å². The average Bonchev–Trinajstić information content (AvgIpc) is 3.16. The minimum absolute atomic E-state index is 0.691. The van der Waals surface area contributed by atoms with Crippen LogP contribution in [0.2, 0.25) is 0 Å². The van der Waals surface area contributed by atoms with E-state index in [1.54, 1.807) is 6.33 Å². The molecule has 2 aromatic heterocycles. The van der Waals surface area contributed by atoms with Crippen LogP contribution in [0.25, 0.3) is 66.9 Å². The second-order valence-electron chi connectivity index (χ2n) is 11.6. The second-order valence-corrected chi connectivity index (χ2v) is 11.6. The molecule has 0 unspecified atom stereocenters. The van der Waals surface area contributed by atoms with Crippen molar-refractivity contribution in [3.63, 3.8) is 0 Å². The Bertz CT molecular complexity index is 2350. The third kappa shape index (κ3) is 4.73. The summed E-state index contributed by atoms with van der Waals surface area (Å²) >= 11 is 0. The van der Waals surface area contributed by atoms with E-state index in [-0.39, 0.29) is 0 Å². The predicted octanol–water partition coefficient (Wildman–Crippen LogP) is 10.5. The first-order chi connectivity index (χ1) is 23.3. The van der Waals surface area contributed by atoms with Gasteiger partial charge in [0, 0.05) is 39.5 Å². The Balaban J connectivity index is 1.22. The van der Waals surface area contributed by atoms with Gasteiger partial charge in [-0.1, -0.05) is 115 Å². The minimum atomic E-state index is 0.691. The topological polar surface area (TPSA) is 54.8 Å². The van der Waals surface area contributed by atoms with Gasteiger partial charge in [-0.15, -0.1) is 0 Å². The van der Waals surface area contributed by atoms with E-state index in [0.717, 1.165) is 56.4 Å². The number of benzene rings is 6. The lowest BCUT2D eigenvalue weighted by atomic mass is 9.90. The molecule has 0 aliphatic carbocycles. The molecule has 0 saturated carbocycles. The van der Waals surface area contributed by atoms with Crippen LogP contribution in [0, 0.1) is 0 Å². The molecule has 0 amide bonds. The predicted molar refractivity (Wildman–Crippen MR) is 191 cm³/mol. The number of rotatable bonds is 5. The van der Waals surface area contributed by atoms with Crippen molar-refractivity contribution in [3.8, 4) is 56.2 Å². The van der Waals surface area contributed by atoms with E-state index in [1.165, 1.54) is 21.9 Å². The zero-order chi connectivity index (χ0) is 31.2. The molecule has 8 aromatic rings. The van der Waals surface area contributed by atoms with Crippen LogP contribution in [0.3, 0.4) is 0 Å². The van der Waals surface area contributed by atoms with Crippen LogP contribution in [0.4, 0.5) is 17.2 Å². The van der Waals surface area contributed by atoms with Gasteiger partial charge in [-0.25, -0.2) is 19.9 Å². The van der Waals surface area contributed by atoms with Crippen LogP contribution in [-0.2, 0) is 0 Å². The van der Waals surface area contributed by atoms with Crippen LogP contribution < -0.4 is 4.90 Å². The van der Waals surface area contributed by atoms with Crippen molar-refractivity contribution >= 4 is 28.0 Å². The molecule has 9 rings (SSSR count). The summed E-state index contributed by atoms with van der Waals surface area (Å²) in [5, 5.41) is 2.35. The summed E-state index contributed by atoms with van der Waals surface area (Å²) < 4.78 is 0. The molecule has 220 valence electrons. The Morgan fingerprint density at radius 1 is 0.468 bits per heavy atom. The van der Waals surface area contributed by atoms with Gasteiger partial charge in [-0.3, -0.25) is 4.90 Å². The Hall–Kier alpha value is -6.46. The highest BCUT2D eigenvalue weighted by Crippen LogP contribution is 2.51. The van der Waals surface area contributed by atoms with Crippen molar-refractivity contribution in [1.82, 2.24) is 19.9 Å². The van der Waals surface area contributed by atoms with Gasteiger partial charge in [-0.2, -0.15) is 0 Å². The summed E-state index contributed by atoms with van der Waals surface area (Å²) in [6, 6.07) is 52.6. The highest BCUT2D eigenvalue weighted by atomic mass is 15.2. The molecular weight excluding hydrogens is 574 g/mol. The second kappa shape index (κ2) is 11.2. The van der Waals surface area contributed by atoms with Crippen LogP contribution in [-0.4, -0.2) is 19.9 Å². The monoisotopic (exact) mass is 601 g/mol. The SMILES string of the molecule is c1ccc(-c2cc3c4c(cccc4c2)N(c2cccc(-c4cc(-c5ccccc5)nc(-c5ccccc5)n4)c2)c2ncncc2-3)cc1. The first kappa shape index (κ1) is 26.9. The third-order valence-corrected chi connectivity index (χ3v) is 8.72. The number of hydrogen-bond acceptors (Lipinski definition) is 5. The standard InChI is InChI=1S/C42H27N5/c1-4-12-28(13-5-1)33-22-32-19-11-21-39-40(32)35(24-33)36-26-43-27-44-42(36)47(39)34-20-10-18-31(23-34)38-25-37(29-14-6-2-7-15-29)45-41(46-38)30-16-8-3-9-17-30/h1-27H. The van der Waals surface area contributed by atoms with E-state index in [2.05, 4.69) is 119 Å². The zero-order valence-corrected chi connectivity index (χ0v) is 25.3. The van der Waals surface area contributed by atoms with Gasteiger partial charge in [0.05, 0.1) is 17.1 Å². The lowest BCUT2D eigenvalue weighted by Gasteiger charge is -2.32. The summed E-state index contributed by atoms with van der Waals surface area (Å²) in [6.07, 6.45) is 3.56. The van der Waals surface area contributed by atoms with Gasteiger partial charge in [0.2, 0.25) is 0 Å². The highest BCUT2D eigenvalue weighted by molar-refractivity contribution is 6.14. The van der Waals surface area contributed by atoms with Crippen molar-refractivity contribution in [1.29, 1.82) is 0 Å². The summed E-state index contributed by atoms with van der Waals surface area (Å²) in [5.74, 6) is 1.54. The molecule has 0 N–H and O–H groups in total. The quantitative estimate of drug-likeness (QED) is 0.196. The van der Waals surface area contributed by atoms with Crippen molar-refractivity contribution in [3.05, 3.63) is 164 Å². The first-order valence-electron chi connectivity index (χ1n) is 15.6. The Kier molecular flexibility index (Phi) is 6.39. The van der Waals surface area contributed by atoms with Gasteiger partial charge >= 0.3 is 0 Å². The van der Waals surface area contributed by atoms with Gasteiger partial charge < -0.3 is 0 Å². The lowest BCUT2D eigenvalue weighted by Crippen LogP contribution is -2.17. The highest BCUT2D eigenvalue weighted by Gasteiger charge is 2.28. The number of nitrogens with zero attached hydrogens (tertiary/aromatic N) is 5. The Morgan fingerprint density at radius 3 is 1.89 bits per heavy atom. The molecule has 5 nitrogen and oxygen atoms in total. The van der Waals surface area contributed by atoms with E-state index in [1.807, 2.05) is 48.7 Å². The molecular formula is C42H27N5. The molecule has 6 aromatic carbocycles. The first-order valence-corrected chi connectivity index (χ1v) is 15.6. The maximum Gasteiger partial charge on any atom is 0.160 e. The summed E-state index contributed by atoms with van der Waals surface area (Å²) in [6.45, 7) is 0. The average molecular weight is 602 g/mol. The molecule has 0 atom stereocenters. The minimum Gasteiger partial charge on any atom is -0.294 e. The Labute approximate surface area is 272 Å². The summed E-state index contributed by atoms with van der Waals surface area (Å²) in [7, 11) is 0. The van der Waals surface area contributed by atoms with Crippen molar-refractivity contribution < 1.29 is 0 Å². The molecule has 1 aliphatic rings. The number of hydrogen-bond donors (Lipinski definition) is 0. The van der Waals surface area contributed by atoms with Gasteiger partial charge in [-0.05, 0) is 58.5 Å². The van der Waals surface area contributed by atoms with E-state index >= 15 is 0 Å². The molecule has 0 spiro atoms. The fraction of sp³-hybridized carbons (Fsp3) is 0.